The van der Waals surface area contributed by atoms with Crippen molar-refractivity contribution in [3.8, 4) is 0 Å². The number of hydrogen-bond donors (Lipinski definition) is 2. The van der Waals surface area contributed by atoms with Crippen molar-refractivity contribution >= 4 is 56.7 Å². The van der Waals surface area contributed by atoms with Gasteiger partial charge in [-0.2, -0.15) is 0 Å². The van der Waals surface area contributed by atoms with E-state index in [0.29, 0.717) is 10.2 Å². The quantitative estimate of drug-likeness (QED) is 0.774. The highest BCUT2D eigenvalue weighted by atomic mass is 79.9. The number of benzene rings is 1. The van der Waals surface area contributed by atoms with Gasteiger partial charge in [0.05, 0.1) is 5.56 Å². The lowest BCUT2D eigenvalue weighted by Crippen LogP contribution is -2.13. The molecule has 21 heavy (non-hydrogen) atoms. The summed E-state index contributed by atoms with van der Waals surface area (Å²) in [6.07, 6.45) is 0. The van der Waals surface area contributed by atoms with E-state index in [9.17, 15) is 9.59 Å². The van der Waals surface area contributed by atoms with E-state index in [4.69, 9.17) is 28.3 Å². The lowest BCUT2D eigenvalue weighted by atomic mass is 10.2. The smallest absolute Gasteiger partial charge is 0.336 e. The Kier molecular flexibility index (Phi) is 4.82. The topological polar surface area (TPSA) is 79.3 Å². The lowest BCUT2D eigenvalue weighted by Gasteiger charge is -2.08. The molecule has 1 aromatic carbocycles. The molecule has 0 spiro atoms. The third-order valence-electron chi connectivity index (χ3n) is 2.48. The van der Waals surface area contributed by atoms with Gasteiger partial charge >= 0.3 is 5.97 Å². The Morgan fingerprint density at radius 2 is 1.76 bits per heavy atom. The number of pyridine rings is 1. The van der Waals surface area contributed by atoms with Gasteiger partial charge in [-0.1, -0.05) is 23.2 Å². The van der Waals surface area contributed by atoms with Crippen LogP contribution in [0.25, 0.3) is 0 Å². The molecule has 0 aliphatic rings. The second-order valence-electron chi connectivity index (χ2n) is 3.96. The molecule has 1 amide bonds. The Bertz CT molecular complexity index is 717. The second kappa shape index (κ2) is 6.43. The molecule has 0 radical (unpaired) electrons. The zero-order chi connectivity index (χ0) is 15.6. The van der Waals surface area contributed by atoms with Crippen LogP contribution in [0.5, 0.6) is 0 Å². The van der Waals surface area contributed by atoms with Crippen LogP contribution in [0.3, 0.4) is 0 Å². The molecule has 1 heterocycles. The minimum atomic E-state index is -1.10. The van der Waals surface area contributed by atoms with Crippen molar-refractivity contribution in [2.24, 2.45) is 0 Å². The van der Waals surface area contributed by atoms with Gasteiger partial charge in [0.25, 0.3) is 5.91 Å². The molecule has 0 aliphatic heterocycles. The van der Waals surface area contributed by atoms with Gasteiger partial charge < -0.3 is 10.4 Å². The van der Waals surface area contributed by atoms with E-state index in [1.807, 2.05) is 0 Å². The molecule has 2 aromatic rings. The fourth-order valence-corrected chi connectivity index (χ4v) is 2.44. The normalized spacial score (nSPS) is 10.2. The third kappa shape index (κ3) is 3.93. The summed E-state index contributed by atoms with van der Waals surface area (Å²) in [5, 5.41) is 11.8. The van der Waals surface area contributed by atoms with Gasteiger partial charge in [-0.15, -0.1) is 0 Å². The van der Waals surface area contributed by atoms with Crippen LogP contribution in [-0.2, 0) is 0 Å². The number of carbonyl (C=O) groups is 2. The van der Waals surface area contributed by atoms with Gasteiger partial charge in [-0.25, -0.2) is 9.78 Å². The second-order valence-corrected chi connectivity index (χ2v) is 5.58. The van der Waals surface area contributed by atoms with Crippen LogP contribution in [0.4, 0.5) is 5.69 Å². The van der Waals surface area contributed by atoms with Gasteiger partial charge in [-0.3, -0.25) is 4.79 Å². The maximum atomic E-state index is 12.1. The zero-order valence-electron chi connectivity index (χ0n) is 10.2. The van der Waals surface area contributed by atoms with Crippen molar-refractivity contribution in [3.05, 3.63) is 56.2 Å². The number of carbonyl (C=O) groups excluding carboxylic acids is 1. The monoisotopic (exact) mass is 388 g/mol. The standard InChI is InChI=1S/C13H7BrCl2N2O3/c14-9-2-1-7(5-8(9)13(20)21)17-12(19)6-3-10(15)18-11(16)4-6/h1-5H,(H,17,19)(H,20,21). The summed E-state index contributed by atoms with van der Waals surface area (Å²) in [6, 6.07) is 7.17. The molecule has 0 bridgehead atoms. The van der Waals surface area contributed by atoms with Gasteiger partial charge in [0, 0.05) is 15.7 Å². The van der Waals surface area contributed by atoms with Crippen molar-refractivity contribution in [1.29, 1.82) is 0 Å². The number of carboxylic acid groups (broad SMARTS) is 1. The van der Waals surface area contributed by atoms with Crippen LogP contribution >= 0.6 is 39.1 Å². The number of nitrogens with zero attached hydrogens (tertiary/aromatic N) is 1. The molecule has 0 fully saturated rings. The van der Waals surface area contributed by atoms with Crippen LogP contribution < -0.4 is 5.32 Å². The Morgan fingerprint density at radius 3 is 2.33 bits per heavy atom. The van der Waals surface area contributed by atoms with E-state index in [1.165, 1.54) is 24.3 Å². The number of amides is 1. The van der Waals surface area contributed by atoms with Gasteiger partial charge in [0.2, 0.25) is 0 Å². The Balaban J connectivity index is 2.27. The fourth-order valence-electron chi connectivity index (χ4n) is 1.57. The predicted molar refractivity (Wildman–Crippen MR) is 83.3 cm³/mol. The van der Waals surface area contributed by atoms with E-state index >= 15 is 0 Å². The molecular formula is C13H7BrCl2N2O3. The molecule has 0 aliphatic carbocycles. The lowest BCUT2D eigenvalue weighted by molar-refractivity contribution is 0.0695. The summed E-state index contributed by atoms with van der Waals surface area (Å²) < 4.78 is 0.419. The maximum absolute atomic E-state index is 12.1. The van der Waals surface area contributed by atoms with Crippen LogP contribution in [0.15, 0.2) is 34.8 Å². The summed E-state index contributed by atoms with van der Waals surface area (Å²) in [6.45, 7) is 0. The molecule has 108 valence electrons. The SMILES string of the molecule is O=C(Nc1ccc(Br)c(C(=O)O)c1)c1cc(Cl)nc(Cl)c1. The number of carboxylic acids is 1. The highest BCUT2D eigenvalue weighted by Gasteiger charge is 2.12. The van der Waals surface area contributed by atoms with E-state index in [-0.39, 0.29) is 21.4 Å². The van der Waals surface area contributed by atoms with Gasteiger partial charge in [-0.05, 0) is 46.3 Å². The first kappa shape index (κ1) is 15.8. The van der Waals surface area contributed by atoms with Crippen LogP contribution in [0.2, 0.25) is 10.3 Å². The number of halogens is 3. The molecule has 2 N–H and O–H groups in total. The largest absolute Gasteiger partial charge is 0.478 e. The zero-order valence-corrected chi connectivity index (χ0v) is 13.3. The average Bonchev–Trinajstić information content (AvgIpc) is 2.39. The first-order valence-corrected chi connectivity index (χ1v) is 7.09. The molecule has 0 saturated carbocycles. The molecule has 0 unspecified atom stereocenters. The van der Waals surface area contributed by atoms with Crippen LogP contribution in [-0.4, -0.2) is 22.0 Å². The van der Waals surface area contributed by atoms with Crippen molar-refractivity contribution < 1.29 is 14.7 Å². The number of aromatic carboxylic acids is 1. The molecule has 5 nitrogen and oxygen atoms in total. The highest BCUT2D eigenvalue weighted by Crippen LogP contribution is 2.22. The van der Waals surface area contributed by atoms with Crippen molar-refractivity contribution in [2.75, 3.05) is 5.32 Å². The minimum absolute atomic E-state index is 0.0404. The van der Waals surface area contributed by atoms with E-state index in [0.717, 1.165) is 0 Å². The van der Waals surface area contributed by atoms with Crippen molar-refractivity contribution in [3.63, 3.8) is 0 Å². The Labute approximate surface area is 138 Å². The number of rotatable bonds is 3. The molecular weight excluding hydrogens is 383 g/mol. The van der Waals surface area contributed by atoms with Gasteiger partial charge in [0.1, 0.15) is 10.3 Å². The molecule has 2 rings (SSSR count). The molecule has 1 aromatic heterocycles. The summed E-state index contributed by atoms with van der Waals surface area (Å²) in [7, 11) is 0. The maximum Gasteiger partial charge on any atom is 0.336 e. The first-order chi connectivity index (χ1) is 9.86. The molecule has 0 atom stereocenters. The Morgan fingerprint density at radius 1 is 1.14 bits per heavy atom. The van der Waals surface area contributed by atoms with Crippen molar-refractivity contribution in [1.82, 2.24) is 4.98 Å². The highest BCUT2D eigenvalue weighted by molar-refractivity contribution is 9.10. The summed E-state index contributed by atoms with van der Waals surface area (Å²) in [5.74, 6) is -1.58. The third-order valence-corrected chi connectivity index (χ3v) is 3.56. The van der Waals surface area contributed by atoms with Crippen LogP contribution in [0, 0.1) is 0 Å². The number of aromatic nitrogens is 1. The fraction of sp³-hybridized carbons (Fsp3) is 0. The summed E-state index contributed by atoms with van der Waals surface area (Å²) in [5.41, 5.74) is 0.600. The first-order valence-electron chi connectivity index (χ1n) is 5.54. The Hall–Kier alpha value is -1.63. The molecule has 0 saturated heterocycles. The van der Waals surface area contributed by atoms with E-state index in [1.54, 1.807) is 6.07 Å². The van der Waals surface area contributed by atoms with Crippen LogP contribution in [0.1, 0.15) is 20.7 Å². The predicted octanol–water partition coefficient (Wildman–Crippen LogP) is 4.10. The summed E-state index contributed by atoms with van der Waals surface area (Å²) in [4.78, 5) is 26.8. The van der Waals surface area contributed by atoms with E-state index in [2.05, 4.69) is 26.2 Å². The van der Waals surface area contributed by atoms with E-state index < -0.39 is 11.9 Å². The minimum Gasteiger partial charge on any atom is -0.478 e. The average molecular weight is 390 g/mol. The number of hydrogen-bond acceptors (Lipinski definition) is 3. The number of anilines is 1. The molecule has 8 heteroatoms. The summed E-state index contributed by atoms with van der Waals surface area (Å²) >= 11 is 14.6. The van der Waals surface area contributed by atoms with Gasteiger partial charge in [0.15, 0.2) is 0 Å². The van der Waals surface area contributed by atoms with Crippen molar-refractivity contribution in [2.45, 2.75) is 0 Å². The number of nitrogens with one attached hydrogen (secondary N) is 1.